The fourth-order valence-corrected chi connectivity index (χ4v) is 1.82. The zero-order valence-electron chi connectivity index (χ0n) is 12.1. The molecule has 1 rings (SSSR count). The lowest BCUT2D eigenvalue weighted by Crippen LogP contribution is -2.43. The number of nitrogens with one attached hydrogen (secondary N) is 1. The molecule has 0 fully saturated rings. The zero-order chi connectivity index (χ0) is 15.1. The molecule has 1 aromatic rings. The first-order valence-electron chi connectivity index (χ1n) is 6.64. The number of Topliss-reactive ketones (excluding diaryl/α,β-unsaturated/α-hetero) is 1. The third kappa shape index (κ3) is 4.66. The number of carbonyl (C=O) groups is 2. The van der Waals surface area contributed by atoms with Crippen molar-refractivity contribution in [2.24, 2.45) is 0 Å². The van der Waals surface area contributed by atoms with Gasteiger partial charge in [-0.15, -0.1) is 0 Å². The molecule has 5 heteroatoms. The van der Waals surface area contributed by atoms with Crippen molar-refractivity contribution in [2.75, 3.05) is 7.11 Å². The number of aliphatic carboxylic acids is 1. The van der Waals surface area contributed by atoms with E-state index in [1.807, 2.05) is 13.8 Å². The average Bonchev–Trinajstić information content (AvgIpc) is 2.45. The number of carboxylic acid groups (broad SMARTS) is 1. The number of hydrogen-bond acceptors (Lipinski definition) is 4. The molecule has 5 nitrogen and oxygen atoms in total. The van der Waals surface area contributed by atoms with Crippen LogP contribution in [0.25, 0.3) is 0 Å². The van der Waals surface area contributed by atoms with Crippen LogP contribution in [0, 0.1) is 0 Å². The molecule has 2 atom stereocenters. The van der Waals surface area contributed by atoms with E-state index in [0.29, 0.717) is 11.3 Å². The van der Waals surface area contributed by atoms with E-state index in [-0.39, 0.29) is 18.2 Å². The number of carbonyl (C=O) groups excluding carboxylic acids is 1. The first-order chi connectivity index (χ1) is 9.47. The lowest BCUT2D eigenvalue weighted by Gasteiger charge is -2.20. The van der Waals surface area contributed by atoms with Gasteiger partial charge in [0, 0.05) is 11.6 Å². The highest BCUT2D eigenvalue weighted by atomic mass is 16.5. The number of rotatable bonds is 8. The molecule has 0 bridgehead atoms. The Bertz CT molecular complexity index is 455. The third-order valence-electron chi connectivity index (χ3n) is 3.17. The molecule has 0 aromatic heterocycles. The molecule has 2 N–H and O–H groups in total. The van der Waals surface area contributed by atoms with Crippen LogP contribution in [0.3, 0.4) is 0 Å². The van der Waals surface area contributed by atoms with Gasteiger partial charge in [-0.2, -0.15) is 0 Å². The predicted molar refractivity (Wildman–Crippen MR) is 76.3 cm³/mol. The summed E-state index contributed by atoms with van der Waals surface area (Å²) in [4.78, 5) is 23.3. The van der Waals surface area contributed by atoms with Crippen LogP contribution in [-0.2, 0) is 4.79 Å². The Labute approximate surface area is 118 Å². The molecule has 1 aromatic carbocycles. The van der Waals surface area contributed by atoms with Crippen LogP contribution in [0.5, 0.6) is 5.75 Å². The summed E-state index contributed by atoms with van der Waals surface area (Å²) in [5.41, 5.74) is 0.479. The van der Waals surface area contributed by atoms with E-state index >= 15 is 0 Å². The molecular weight excluding hydrogens is 258 g/mol. The van der Waals surface area contributed by atoms with Gasteiger partial charge in [0.15, 0.2) is 5.78 Å². The van der Waals surface area contributed by atoms with Crippen LogP contribution < -0.4 is 10.1 Å². The number of carboxylic acids is 1. The van der Waals surface area contributed by atoms with Crippen molar-refractivity contribution < 1.29 is 19.4 Å². The van der Waals surface area contributed by atoms with Gasteiger partial charge in [-0.25, -0.2) is 0 Å². The second-order valence-corrected chi connectivity index (χ2v) is 4.72. The summed E-state index contributed by atoms with van der Waals surface area (Å²) in [7, 11) is 1.55. The molecule has 0 saturated heterocycles. The largest absolute Gasteiger partial charge is 0.497 e. The van der Waals surface area contributed by atoms with Gasteiger partial charge in [0.1, 0.15) is 5.75 Å². The van der Waals surface area contributed by atoms with Crippen LogP contribution in [0.1, 0.15) is 37.0 Å². The molecular formula is C15H21NO4. The summed E-state index contributed by atoms with van der Waals surface area (Å²) in [6, 6.07) is 6.04. The maximum Gasteiger partial charge on any atom is 0.305 e. The Morgan fingerprint density at radius 2 is 1.90 bits per heavy atom. The minimum absolute atomic E-state index is 0.0848. The minimum Gasteiger partial charge on any atom is -0.497 e. The number of ether oxygens (including phenoxy) is 1. The van der Waals surface area contributed by atoms with Crippen molar-refractivity contribution in [1.82, 2.24) is 5.32 Å². The molecule has 0 aliphatic rings. The monoisotopic (exact) mass is 279 g/mol. The smallest absolute Gasteiger partial charge is 0.305 e. The van der Waals surface area contributed by atoms with E-state index in [9.17, 15) is 9.59 Å². The zero-order valence-corrected chi connectivity index (χ0v) is 12.1. The number of ketones is 1. The van der Waals surface area contributed by atoms with Crippen LogP contribution in [-0.4, -0.2) is 36.1 Å². The Morgan fingerprint density at radius 3 is 2.35 bits per heavy atom. The molecule has 20 heavy (non-hydrogen) atoms. The van der Waals surface area contributed by atoms with Crippen molar-refractivity contribution in [1.29, 1.82) is 0 Å². The minimum atomic E-state index is -0.993. The van der Waals surface area contributed by atoms with Crippen LogP contribution in [0.15, 0.2) is 24.3 Å². The summed E-state index contributed by atoms with van der Waals surface area (Å²) in [6.45, 7) is 3.91. The fourth-order valence-electron chi connectivity index (χ4n) is 1.82. The second kappa shape index (κ2) is 7.65. The lowest BCUT2D eigenvalue weighted by molar-refractivity contribution is -0.137. The normalized spacial score (nSPS) is 13.6. The van der Waals surface area contributed by atoms with Crippen molar-refractivity contribution in [3.8, 4) is 5.75 Å². The van der Waals surface area contributed by atoms with Crippen molar-refractivity contribution in [3.05, 3.63) is 29.8 Å². The highest BCUT2D eigenvalue weighted by Gasteiger charge is 2.24. The summed E-state index contributed by atoms with van der Waals surface area (Å²) < 4.78 is 5.03. The summed E-state index contributed by atoms with van der Waals surface area (Å²) in [5, 5.41) is 12.0. The predicted octanol–water partition coefficient (Wildman–Crippen LogP) is 2.11. The van der Waals surface area contributed by atoms with Gasteiger partial charge in [0.05, 0.1) is 19.6 Å². The molecule has 0 amide bonds. The quantitative estimate of drug-likeness (QED) is 0.713. The average molecular weight is 279 g/mol. The molecule has 0 saturated carbocycles. The van der Waals surface area contributed by atoms with Crippen molar-refractivity contribution in [3.63, 3.8) is 0 Å². The highest BCUT2D eigenvalue weighted by Crippen LogP contribution is 2.14. The first-order valence-corrected chi connectivity index (χ1v) is 6.64. The van der Waals surface area contributed by atoms with E-state index in [1.165, 1.54) is 0 Å². The molecule has 110 valence electrons. The molecule has 2 unspecified atom stereocenters. The van der Waals surface area contributed by atoms with E-state index in [4.69, 9.17) is 9.84 Å². The van der Waals surface area contributed by atoms with E-state index < -0.39 is 12.0 Å². The highest BCUT2D eigenvalue weighted by molar-refractivity contribution is 6.01. The number of hydrogen-bond donors (Lipinski definition) is 2. The second-order valence-electron chi connectivity index (χ2n) is 4.72. The van der Waals surface area contributed by atoms with Gasteiger partial charge in [0.2, 0.25) is 0 Å². The van der Waals surface area contributed by atoms with Crippen molar-refractivity contribution >= 4 is 11.8 Å². The first kappa shape index (κ1) is 16.2. The summed E-state index contributed by atoms with van der Waals surface area (Å²) >= 11 is 0. The third-order valence-corrected chi connectivity index (χ3v) is 3.17. The SMILES string of the molecule is CCC(C)NC(CC(=O)O)C(=O)c1ccc(OC)cc1. The molecule has 0 aliphatic carbocycles. The Balaban J connectivity index is 2.87. The number of methoxy groups -OCH3 is 1. The Kier molecular flexibility index (Phi) is 6.18. The van der Waals surface area contributed by atoms with Crippen LogP contribution in [0.2, 0.25) is 0 Å². The molecule has 0 radical (unpaired) electrons. The van der Waals surface area contributed by atoms with Gasteiger partial charge in [0.25, 0.3) is 0 Å². The lowest BCUT2D eigenvalue weighted by atomic mass is 10.0. The maximum atomic E-state index is 12.4. The van der Waals surface area contributed by atoms with Gasteiger partial charge in [-0.1, -0.05) is 6.92 Å². The van der Waals surface area contributed by atoms with Gasteiger partial charge in [-0.05, 0) is 37.6 Å². The van der Waals surface area contributed by atoms with Crippen LogP contribution in [0.4, 0.5) is 0 Å². The standard InChI is InChI=1S/C15H21NO4/c1-4-10(2)16-13(9-14(17)18)15(19)11-5-7-12(20-3)8-6-11/h5-8,10,13,16H,4,9H2,1-3H3,(H,17,18). The summed E-state index contributed by atoms with van der Waals surface area (Å²) in [6.07, 6.45) is 0.598. The fraction of sp³-hybridized carbons (Fsp3) is 0.467. The van der Waals surface area contributed by atoms with Crippen molar-refractivity contribution in [2.45, 2.75) is 38.8 Å². The number of benzene rings is 1. The topological polar surface area (TPSA) is 75.6 Å². The Hall–Kier alpha value is -1.88. The Morgan fingerprint density at radius 1 is 1.30 bits per heavy atom. The van der Waals surface area contributed by atoms with E-state index in [1.54, 1.807) is 31.4 Å². The van der Waals surface area contributed by atoms with Gasteiger partial charge >= 0.3 is 5.97 Å². The molecule has 0 aliphatic heterocycles. The van der Waals surface area contributed by atoms with Gasteiger partial charge < -0.3 is 15.2 Å². The maximum absolute atomic E-state index is 12.4. The van der Waals surface area contributed by atoms with Gasteiger partial charge in [-0.3, -0.25) is 9.59 Å². The van der Waals surface area contributed by atoms with Crippen LogP contribution >= 0.6 is 0 Å². The van der Waals surface area contributed by atoms with E-state index in [0.717, 1.165) is 6.42 Å². The van der Waals surface area contributed by atoms with E-state index in [2.05, 4.69) is 5.32 Å². The molecule has 0 spiro atoms. The summed E-state index contributed by atoms with van der Waals surface area (Å²) in [5.74, 6) is -0.547. The molecule has 0 heterocycles.